The molecule has 0 saturated heterocycles. The Morgan fingerprint density at radius 1 is 1.15 bits per heavy atom. The molecule has 2 aliphatic rings. The molecule has 8 heteroatoms. The average Bonchev–Trinajstić information content (AvgIpc) is 3.33. The maximum atomic E-state index is 12.8. The number of benzene rings is 1. The van der Waals surface area contributed by atoms with Gasteiger partial charge < -0.3 is 9.30 Å². The number of nitrogens with zero attached hydrogens (tertiary/aromatic N) is 4. The van der Waals surface area contributed by atoms with Crippen LogP contribution in [0.5, 0.6) is 5.75 Å². The van der Waals surface area contributed by atoms with E-state index in [0.29, 0.717) is 17.7 Å². The highest BCUT2D eigenvalue weighted by atomic mass is 32.2. The summed E-state index contributed by atoms with van der Waals surface area (Å²) in [5.74, 6) is 0.819. The van der Waals surface area contributed by atoms with Gasteiger partial charge in [-0.3, -0.25) is 10.2 Å². The SMILES string of the molecule is CCOc1ccc(-n2c(C)cc(/C=C3\C(=N)N4N=C(C(CC)CC)SC4=NC3=O)c2C)cc1. The highest BCUT2D eigenvalue weighted by Crippen LogP contribution is 2.33. The van der Waals surface area contributed by atoms with Crippen LogP contribution in [0.4, 0.5) is 0 Å². The molecule has 172 valence electrons. The number of hydrogen-bond donors (Lipinski definition) is 1. The van der Waals surface area contributed by atoms with E-state index in [2.05, 4.69) is 28.5 Å². The van der Waals surface area contributed by atoms with E-state index in [1.165, 1.54) is 16.8 Å². The second-order valence-corrected chi connectivity index (χ2v) is 9.05. The number of amidine groups is 2. The Morgan fingerprint density at radius 3 is 2.48 bits per heavy atom. The lowest BCUT2D eigenvalue weighted by Crippen LogP contribution is -2.35. The molecule has 0 bridgehead atoms. The van der Waals surface area contributed by atoms with E-state index in [-0.39, 0.29) is 11.4 Å². The van der Waals surface area contributed by atoms with E-state index >= 15 is 0 Å². The predicted molar refractivity (Wildman–Crippen MR) is 135 cm³/mol. The minimum atomic E-state index is -0.398. The Labute approximate surface area is 198 Å². The number of rotatable bonds is 7. The molecule has 0 atom stereocenters. The Kier molecular flexibility index (Phi) is 6.56. The van der Waals surface area contributed by atoms with Gasteiger partial charge in [0.2, 0.25) is 5.17 Å². The lowest BCUT2D eigenvalue weighted by molar-refractivity contribution is -0.114. The van der Waals surface area contributed by atoms with E-state index in [0.717, 1.165) is 46.3 Å². The Bertz CT molecular complexity index is 1190. The van der Waals surface area contributed by atoms with E-state index in [4.69, 9.17) is 10.1 Å². The van der Waals surface area contributed by atoms with Crippen LogP contribution < -0.4 is 4.74 Å². The summed E-state index contributed by atoms with van der Waals surface area (Å²) in [6, 6.07) is 9.96. The molecule has 7 nitrogen and oxygen atoms in total. The monoisotopic (exact) mass is 463 g/mol. The minimum absolute atomic E-state index is 0.0735. The summed E-state index contributed by atoms with van der Waals surface area (Å²) in [6.07, 6.45) is 3.68. The number of hydrogen-bond acceptors (Lipinski definition) is 5. The molecular formula is C25H29N5O2S. The molecule has 0 aliphatic carbocycles. The lowest BCUT2D eigenvalue weighted by atomic mass is 10.1. The molecule has 0 unspecified atom stereocenters. The standard InChI is InChI=1S/C25H29N5O2S/c1-6-17(7-2)24-28-30-22(26)21(23(31)27-25(30)33-24)14-18-13-15(4)29(16(18)5)19-9-11-20(12-10-19)32-8-3/h9-14,17,26H,6-8H2,1-5H3/b21-14+,26-22?. The molecule has 1 amide bonds. The van der Waals surface area contributed by atoms with Gasteiger partial charge in [0.05, 0.1) is 12.2 Å². The Balaban J connectivity index is 1.67. The van der Waals surface area contributed by atoms with Gasteiger partial charge in [-0.25, -0.2) is 0 Å². The molecule has 3 heterocycles. The van der Waals surface area contributed by atoms with Crippen LogP contribution in [-0.2, 0) is 4.79 Å². The first-order valence-corrected chi connectivity index (χ1v) is 12.1. The fourth-order valence-electron chi connectivity index (χ4n) is 4.15. The van der Waals surface area contributed by atoms with Crippen LogP contribution in [0, 0.1) is 25.2 Å². The van der Waals surface area contributed by atoms with E-state index < -0.39 is 5.91 Å². The first kappa shape index (κ1) is 23.0. The molecule has 2 aromatic rings. The van der Waals surface area contributed by atoms with Crippen molar-refractivity contribution in [3.63, 3.8) is 0 Å². The summed E-state index contributed by atoms with van der Waals surface area (Å²) in [6.45, 7) is 10.9. The fraction of sp³-hybridized carbons (Fsp3) is 0.360. The lowest BCUT2D eigenvalue weighted by Gasteiger charge is -2.20. The van der Waals surface area contributed by atoms with Crippen molar-refractivity contribution in [3.8, 4) is 11.4 Å². The van der Waals surface area contributed by atoms with Crippen molar-refractivity contribution < 1.29 is 9.53 Å². The number of carbonyl (C=O) groups excluding carboxylic acids is 1. The van der Waals surface area contributed by atoms with Crippen LogP contribution in [0.1, 0.15) is 50.6 Å². The van der Waals surface area contributed by atoms with Crippen LogP contribution in [0.15, 0.2) is 46.0 Å². The van der Waals surface area contributed by atoms with Crippen molar-refractivity contribution in [1.29, 1.82) is 5.41 Å². The molecule has 4 rings (SSSR count). The van der Waals surface area contributed by atoms with Crippen molar-refractivity contribution in [3.05, 3.63) is 52.9 Å². The number of hydrazone groups is 1. The number of aromatic nitrogens is 1. The van der Waals surface area contributed by atoms with E-state index in [9.17, 15) is 4.79 Å². The van der Waals surface area contributed by atoms with Gasteiger partial charge >= 0.3 is 0 Å². The van der Waals surface area contributed by atoms with Crippen LogP contribution in [0.2, 0.25) is 0 Å². The Morgan fingerprint density at radius 2 is 1.85 bits per heavy atom. The third-order valence-electron chi connectivity index (χ3n) is 5.98. The molecule has 0 saturated carbocycles. The highest BCUT2D eigenvalue weighted by Gasteiger charge is 2.37. The normalized spacial score (nSPS) is 17.0. The van der Waals surface area contributed by atoms with Gasteiger partial charge in [0.25, 0.3) is 5.91 Å². The summed E-state index contributed by atoms with van der Waals surface area (Å²) >= 11 is 1.40. The quantitative estimate of drug-likeness (QED) is 0.546. The zero-order valence-corrected chi connectivity index (χ0v) is 20.5. The summed E-state index contributed by atoms with van der Waals surface area (Å²) in [5, 5.41) is 16.2. The van der Waals surface area contributed by atoms with Gasteiger partial charge in [-0.15, -0.1) is 0 Å². The zero-order valence-electron chi connectivity index (χ0n) is 19.7. The number of nitrogens with one attached hydrogen (secondary N) is 1. The smallest absolute Gasteiger partial charge is 0.283 e. The molecule has 1 aromatic heterocycles. The number of ether oxygens (including phenoxy) is 1. The molecule has 1 aromatic carbocycles. The average molecular weight is 464 g/mol. The van der Waals surface area contributed by atoms with E-state index in [1.807, 2.05) is 51.1 Å². The summed E-state index contributed by atoms with van der Waals surface area (Å²) in [7, 11) is 0. The maximum absolute atomic E-state index is 12.8. The van der Waals surface area contributed by atoms with Crippen LogP contribution >= 0.6 is 11.8 Å². The maximum Gasteiger partial charge on any atom is 0.283 e. The number of thioether (sulfide) groups is 1. The Hall–Kier alpha value is -3.13. The minimum Gasteiger partial charge on any atom is -0.494 e. The first-order chi connectivity index (χ1) is 15.9. The van der Waals surface area contributed by atoms with Crippen molar-refractivity contribution in [2.75, 3.05) is 6.61 Å². The largest absolute Gasteiger partial charge is 0.494 e. The van der Waals surface area contributed by atoms with E-state index in [1.54, 1.807) is 6.08 Å². The number of carbonyl (C=O) groups is 1. The zero-order chi connectivity index (χ0) is 23.7. The third kappa shape index (κ3) is 4.27. The van der Waals surface area contributed by atoms with Crippen molar-refractivity contribution in [2.45, 2.75) is 47.5 Å². The molecule has 33 heavy (non-hydrogen) atoms. The van der Waals surface area contributed by atoms with Crippen LogP contribution in [-0.4, -0.2) is 38.1 Å². The highest BCUT2D eigenvalue weighted by molar-refractivity contribution is 8.27. The van der Waals surface area contributed by atoms with Gasteiger partial charge in [0.15, 0.2) is 5.84 Å². The number of aryl methyl sites for hydroxylation is 1. The van der Waals surface area contributed by atoms with Crippen molar-refractivity contribution in [2.24, 2.45) is 16.0 Å². The number of fused-ring (bicyclic) bond motifs is 1. The van der Waals surface area contributed by atoms with Crippen LogP contribution in [0.3, 0.4) is 0 Å². The number of aliphatic imine (C=N–C) groups is 1. The van der Waals surface area contributed by atoms with Gasteiger partial charge in [0.1, 0.15) is 10.8 Å². The van der Waals surface area contributed by atoms with Crippen LogP contribution in [0.25, 0.3) is 11.8 Å². The van der Waals surface area contributed by atoms with Gasteiger partial charge in [0, 0.05) is 23.0 Å². The molecule has 0 fully saturated rings. The molecule has 0 radical (unpaired) electrons. The summed E-state index contributed by atoms with van der Waals surface area (Å²) in [5.41, 5.74) is 4.16. The molecule has 0 spiro atoms. The first-order valence-electron chi connectivity index (χ1n) is 11.3. The molecule has 1 N–H and O–H groups in total. The third-order valence-corrected chi connectivity index (χ3v) is 7.05. The van der Waals surface area contributed by atoms with Gasteiger partial charge in [-0.1, -0.05) is 13.8 Å². The molecule has 2 aliphatic heterocycles. The van der Waals surface area contributed by atoms with Gasteiger partial charge in [-0.2, -0.15) is 15.1 Å². The summed E-state index contributed by atoms with van der Waals surface area (Å²) in [4.78, 5) is 17.1. The van der Waals surface area contributed by atoms with Crippen molar-refractivity contribution in [1.82, 2.24) is 9.58 Å². The summed E-state index contributed by atoms with van der Waals surface area (Å²) < 4.78 is 7.68. The predicted octanol–water partition coefficient (Wildman–Crippen LogP) is 5.55. The van der Waals surface area contributed by atoms with Gasteiger partial charge in [-0.05, 0) is 87.3 Å². The fourth-order valence-corrected chi connectivity index (χ4v) is 5.31. The number of amides is 1. The second kappa shape index (κ2) is 9.39. The second-order valence-electron chi connectivity index (χ2n) is 8.06. The van der Waals surface area contributed by atoms with Crippen molar-refractivity contribution >= 4 is 39.8 Å². The molecular weight excluding hydrogens is 434 g/mol. The topological polar surface area (TPSA) is 83.0 Å².